The predicted octanol–water partition coefficient (Wildman–Crippen LogP) is 4.56. The van der Waals surface area contributed by atoms with E-state index in [-0.39, 0.29) is 5.91 Å². The van der Waals surface area contributed by atoms with Gasteiger partial charge in [0.25, 0.3) is 5.91 Å². The predicted molar refractivity (Wildman–Crippen MR) is 106 cm³/mol. The molecule has 0 bridgehead atoms. The van der Waals surface area contributed by atoms with Crippen LogP contribution < -0.4 is 10.1 Å². The molecule has 3 rings (SSSR count). The summed E-state index contributed by atoms with van der Waals surface area (Å²) in [6.45, 7) is 1.70. The van der Waals surface area contributed by atoms with E-state index in [0.717, 1.165) is 17.7 Å². The van der Waals surface area contributed by atoms with Crippen LogP contribution in [0.15, 0.2) is 78.9 Å². The third-order valence-electron chi connectivity index (χ3n) is 4.18. The van der Waals surface area contributed by atoms with Gasteiger partial charge in [-0.2, -0.15) is 5.26 Å². The number of hydrogen-bond donors (Lipinski definition) is 1. The number of rotatable bonds is 6. The highest BCUT2D eigenvalue weighted by molar-refractivity contribution is 5.94. The summed E-state index contributed by atoms with van der Waals surface area (Å²) in [5.74, 6) is 0.328. The lowest BCUT2D eigenvalue weighted by Crippen LogP contribution is -2.30. The van der Waals surface area contributed by atoms with Gasteiger partial charge in [0.1, 0.15) is 5.75 Å². The van der Waals surface area contributed by atoms with E-state index in [1.807, 2.05) is 42.5 Å². The number of carbonyl (C=O) groups excluding carboxylic acids is 1. The second kappa shape index (κ2) is 8.68. The first kappa shape index (κ1) is 18.2. The fraction of sp³-hybridized carbons (Fsp3) is 0.130. The average Bonchev–Trinajstić information content (AvgIpc) is 2.71. The number of carbonyl (C=O) groups is 1. The van der Waals surface area contributed by atoms with Crippen LogP contribution in [-0.2, 0) is 11.2 Å². The molecule has 3 aromatic carbocycles. The second-order valence-corrected chi connectivity index (χ2v) is 6.21. The molecular formula is C23H20N2O2. The molecule has 0 aliphatic rings. The van der Waals surface area contributed by atoms with E-state index in [1.54, 1.807) is 31.2 Å². The maximum atomic E-state index is 12.6. The van der Waals surface area contributed by atoms with E-state index in [0.29, 0.717) is 11.3 Å². The van der Waals surface area contributed by atoms with Crippen LogP contribution in [0.3, 0.4) is 0 Å². The highest BCUT2D eigenvalue weighted by Crippen LogP contribution is 2.20. The molecule has 0 unspecified atom stereocenters. The summed E-state index contributed by atoms with van der Waals surface area (Å²) in [5.41, 5.74) is 3.56. The number of benzene rings is 3. The van der Waals surface area contributed by atoms with Gasteiger partial charge in [-0.05, 0) is 54.8 Å². The Morgan fingerprint density at radius 3 is 2.37 bits per heavy atom. The first-order chi connectivity index (χ1) is 13.2. The van der Waals surface area contributed by atoms with Crippen molar-refractivity contribution in [3.63, 3.8) is 0 Å². The minimum Gasteiger partial charge on any atom is -0.481 e. The van der Waals surface area contributed by atoms with Crippen molar-refractivity contribution in [2.24, 2.45) is 0 Å². The third-order valence-corrected chi connectivity index (χ3v) is 4.18. The fourth-order valence-corrected chi connectivity index (χ4v) is 2.71. The summed E-state index contributed by atoms with van der Waals surface area (Å²) in [7, 11) is 0. The number of ether oxygens (including phenoxy) is 1. The molecule has 1 amide bonds. The van der Waals surface area contributed by atoms with Crippen LogP contribution in [0.5, 0.6) is 5.75 Å². The van der Waals surface area contributed by atoms with Gasteiger partial charge in [0.2, 0.25) is 0 Å². The summed E-state index contributed by atoms with van der Waals surface area (Å²) >= 11 is 0. The van der Waals surface area contributed by atoms with Crippen LogP contribution in [-0.4, -0.2) is 12.0 Å². The number of nitrogens with zero attached hydrogens (tertiary/aromatic N) is 1. The van der Waals surface area contributed by atoms with Crippen molar-refractivity contribution in [2.75, 3.05) is 5.32 Å². The van der Waals surface area contributed by atoms with Gasteiger partial charge in [0.15, 0.2) is 6.10 Å². The summed E-state index contributed by atoms with van der Waals surface area (Å²) in [5, 5.41) is 11.8. The first-order valence-electron chi connectivity index (χ1n) is 8.75. The number of nitriles is 1. The van der Waals surface area contributed by atoms with Crippen LogP contribution in [0, 0.1) is 11.3 Å². The molecule has 0 saturated heterocycles. The van der Waals surface area contributed by atoms with Crippen molar-refractivity contribution in [1.29, 1.82) is 5.26 Å². The van der Waals surface area contributed by atoms with E-state index >= 15 is 0 Å². The maximum absolute atomic E-state index is 12.6. The maximum Gasteiger partial charge on any atom is 0.265 e. The van der Waals surface area contributed by atoms with E-state index in [2.05, 4.69) is 23.5 Å². The highest BCUT2D eigenvalue weighted by Gasteiger charge is 2.16. The van der Waals surface area contributed by atoms with Crippen molar-refractivity contribution in [1.82, 2.24) is 0 Å². The van der Waals surface area contributed by atoms with Gasteiger partial charge >= 0.3 is 0 Å². The smallest absolute Gasteiger partial charge is 0.265 e. The standard InChI is InChI=1S/C23H20N2O2/c1-17(27-21-13-11-19(16-24)12-14-21)23(26)25-22-10-6-5-9-20(22)15-18-7-3-2-4-8-18/h2-14,17H,15H2,1H3,(H,25,26)/t17-/m0/s1. The van der Waals surface area contributed by atoms with Gasteiger partial charge in [0, 0.05) is 5.69 Å². The molecule has 27 heavy (non-hydrogen) atoms. The van der Waals surface area contributed by atoms with Crippen molar-refractivity contribution >= 4 is 11.6 Å². The summed E-state index contributed by atoms with van der Waals surface area (Å²) in [6.07, 6.45) is 0.0741. The number of nitrogens with one attached hydrogen (secondary N) is 1. The number of amides is 1. The van der Waals surface area contributed by atoms with Crippen molar-refractivity contribution in [3.8, 4) is 11.8 Å². The third kappa shape index (κ3) is 4.96. The van der Waals surface area contributed by atoms with Gasteiger partial charge in [-0.15, -0.1) is 0 Å². The summed E-state index contributed by atoms with van der Waals surface area (Å²) in [6, 6.07) is 26.6. The van der Waals surface area contributed by atoms with Gasteiger partial charge in [0.05, 0.1) is 11.6 Å². The molecule has 1 atom stereocenters. The second-order valence-electron chi connectivity index (χ2n) is 6.21. The molecule has 0 spiro atoms. The lowest BCUT2D eigenvalue weighted by Gasteiger charge is -2.16. The molecule has 4 nitrogen and oxygen atoms in total. The van der Waals surface area contributed by atoms with Gasteiger partial charge < -0.3 is 10.1 Å². The Morgan fingerprint density at radius 2 is 1.67 bits per heavy atom. The molecule has 0 heterocycles. The van der Waals surface area contributed by atoms with Crippen molar-refractivity contribution < 1.29 is 9.53 Å². The van der Waals surface area contributed by atoms with E-state index in [4.69, 9.17) is 10.00 Å². The van der Waals surface area contributed by atoms with E-state index in [1.165, 1.54) is 5.56 Å². The molecule has 0 aliphatic carbocycles. The van der Waals surface area contributed by atoms with Gasteiger partial charge in [-0.1, -0.05) is 48.5 Å². The molecule has 1 N–H and O–H groups in total. The van der Waals surface area contributed by atoms with Crippen LogP contribution in [0.4, 0.5) is 5.69 Å². The lowest BCUT2D eigenvalue weighted by atomic mass is 10.0. The Hall–Kier alpha value is -3.58. The minimum atomic E-state index is -0.664. The van der Waals surface area contributed by atoms with Crippen LogP contribution in [0.2, 0.25) is 0 Å². The Labute approximate surface area is 159 Å². The molecule has 0 saturated carbocycles. The topological polar surface area (TPSA) is 62.1 Å². The zero-order valence-electron chi connectivity index (χ0n) is 15.1. The van der Waals surface area contributed by atoms with E-state index in [9.17, 15) is 4.79 Å². The summed E-state index contributed by atoms with van der Waals surface area (Å²) < 4.78 is 5.68. The zero-order valence-corrected chi connectivity index (χ0v) is 15.1. The number of para-hydroxylation sites is 1. The Balaban J connectivity index is 1.67. The van der Waals surface area contributed by atoms with Crippen molar-refractivity contribution in [2.45, 2.75) is 19.4 Å². The largest absolute Gasteiger partial charge is 0.481 e. The minimum absolute atomic E-state index is 0.222. The molecule has 0 fully saturated rings. The van der Waals surface area contributed by atoms with Crippen LogP contribution >= 0.6 is 0 Å². The first-order valence-corrected chi connectivity index (χ1v) is 8.75. The summed E-state index contributed by atoms with van der Waals surface area (Å²) in [4.78, 5) is 12.6. The molecule has 0 radical (unpaired) electrons. The molecule has 4 heteroatoms. The zero-order chi connectivity index (χ0) is 19.1. The quantitative estimate of drug-likeness (QED) is 0.704. The average molecular weight is 356 g/mol. The lowest BCUT2D eigenvalue weighted by molar-refractivity contribution is -0.122. The number of hydrogen-bond acceptors (Lipinski definition) is 3. The van der Waals surface area contributed by atoms with E-state index < -0.39 is 6.10 Å². The van der Waals surface area contributed by atoms with Crippen LogP contribution in [0.25, 0.3) is 0 Å². The monoisotopic (exact) mass is 356 g/mol. The Morgan fingerprint density at radius 1 is 1.00 bits per heavy atom. The molecular weight excluding hydrogens is 336 g/mol. The highest BCUT2D eigenvalue weighted by atomic mass is 16.5. The number of anilines is 1. The Kier molecular flexibility index (Phi) is 5.86. The Bertz CT molecular complexity index is 944. The molecule has 134 valence electrons. The molecule has 0 aliphatic heterocycles. The van der Waals surface area contributed by atoms with Gasteiger partial charge in [-0.3, -0.25) is 4.79 Å². The SMILES string of the molecule is C[C@H](Oc1ccc(C#N)cc1)C(=O)Nc1ccccc1Cc1ccccc1. The van der Waals surface area contributed by atoms with Crippen LogP contribution in [0.1, 0.15) is 23.6 Å². The fourth-order valence-electron chi connectivity index (χ4n) is 2.71. The van der Waals surface area contributed by atoms with Gasteiger partial charge in [-0.25, -0.2) is 0 Å². The normalized spacial score (nSPS) is 11.3. The molecule has 0 aromatic heterocycles. The molecule has 3 aromatic rings. The van der Waals surface area contributed by atoms with Crippen molar-refractivity contribution in [3.05, 3.63) is 95.6 Å².